The van der Waals surface area contributed by atoms with Crippen molar-refractivity contribution >= 4 is 16.6 Å². The lowest BCUT2D eigenvalue weighted by Gasteiger charge is -2.45. The Kier molecular flexibility index (Phi) is 5.23. The van der Waals surface area contributed by atoms with Gasteiger partial charge in [-0.05, 0) is 49.4 Å². The predicted molar refractivity (Wildman–Crippen MR) is 107 cm³/mol. The number of benzene rings is 2. The van der Waals surface area contributed by atoms with Crippen LogP contribution in [0.5, 0.6) is 5.75 Å². The molecule has 0 aliphatic heterocycles. The molecule has 0 bridgehead atoms. The molecule has 1 aliphatic carbocycles. The van der Waals surface area contributed by atoms with Crippen molar-refractivity contribution < 1.29 is 32.2 Å². The number of hydrogen-bond donors (Lipinski definition) is 3. The maximum absolute atomic E-state index is 14.3. The van der Waals surface area contributed by atoms with E-state index in [0.717, 1.165) is 18.2 Å². The van der Waals surface area contributed by atoms with Gasteiger partial charge < -0.3 is 15.5 Å². The number of alkyl halides is 3. The number of phenolic OH excluding ortho intramolecular Hbond substituents is 1. The highest BCUT2D eigenvalue weighted by Gasteiger charge is 2.62. The molecule has 0 saturated carbocycles. The van der Waals surface area contributed by atoms with Crippen molar-refractivity contribution in [2.75, 3.05) is 5.32 Å². The van der Waals surface area contributed by atoms with Crippen LogP contribution in [-0.4, -0.2) is 32.0 Å². The van der Waals surface area contributed by atoms with Crippen LogP contribution in [0.1, 0.15) is 48.7 Å². The summed E-state index contributed by atoms with van der Waals surface area (Å²) in [5.41, 5.74) is -3.36. The van der Waals surface area contributed by atoms with Crippen LogP contribution in [0.4, 0.5) is 27.6 Å². The van der Waals surface area contributed by atoms with Gasteiger partial charge in [0.1, 0.15) is 17.2 Å². The maximum Gasteiger partial charge on any atom is 0.419 e. The molecule has 3 atom stereocenters. The molecular formula is C22H20F5N3O2. The maximum atomic E-state index is 14.3. The summed E-state index contributed by atoms with van der Waals surface area (Å²) >= 11 is 0. The van der Waals surface area contributed by atoms with Gasteiger partial charge in [0, 0.05) is 22.8 Å². The summed E-state index contributed by atoms with van der Waals surface area (Å²) in [6, 6.07) is 2.44. The van der Waals surface area contributed by atoms with E-state index in [9.17, 15) is 32.2 Å². The number of nitrogens with one attached hydrogen (secondary N) is 1. The van der Waals surface area contributed by atoms with Gasteiger partial charge in [-0.1, -0.05) is 13.0 Å². The zero-order chi connectivity index (χ0) is 23.4. The molecule has 5 nitrogen and oxygen atoms in total. The Morgan fingerprint density at radius 3 is 2.50 bits per heavy atom. The van der Waals surface area contributed by atoms with E-state index in [-0.39, 0.29) is 40.0 Å². The second-order valence-electron chi connectivity index (χ2n) is 7.98. The van der Waals surface area contributed by atoms with Gasteiger partial charge in [0.15, 0.2) is 17.2 Å². The molecule has 3 N–H and O–H groups in total. The monoisotopic (exact) mass is 453 g/mol. The Labute approximate surface area is 179 Å². The van der Waals surface area contributed by atoms with Gasteiger partial charge in [-0.3, -0.25) is 0 Å². The van der Waals surface area contributed by atoms with Crippen molar-refractivity contribution in [1.82, 2.24) is 9.97 Å². The topological polar surface area (TPSA) is 78.3 Å². The van der Waals surface area contributed by atoms with Crippen LogP contribution in [0.2, 0.25) is 0 Å². The second kappa shape index (κ2) is 7.54. The molecule has 1 heterocycles. The highest BCUT2D eigenvalue weighted by molar-refractivity contribution is 5.91. The van der Waals surface area contributed by atoms with Crippen LogP contribution >= 0.6 is 0 Å². The molecule has 0 spiro atoms. The minimum absolute atomic E-state index is 0.0115. The van der Waals surface area contributed by atoms with E-state index in [2.05, 4.69) is 15.3 Å². The fourth-order valence-electron chi connectivity index (χ4n) is 4.41. The highest BCUT2D eigenvalue weighted by Crippen LogP contribution is 2.55. The lowest BCUT2D eigenvalue weighted by Crippen LogP contribution is -2.55. The molecule has 0 saturated heterocycles. The number of hydrogen-bond acceptors (Lipinski definition) is 5. The first kappa shape index (κ1) is 22.2. The summed E-state index contributed by atoms with van der Waals surface area (Å²) in [4.78, 5) is 8.00. The lowest BCUT2D eigenvalue weighted by molar-refractivity contribution is -0.272. The molecule has 3 aromatic rings. The first-order chi connectivity index (χ1) is 15.0. The van der Waals surface area contributed by atoms with Crippen LogP contribution in [0.25, 0.3) is 10.9 Å². The zero-order valence-corrected chi connectivity index (χ0v) is 17.1. The molecule has 170 valence electrons. The average molecular weight is 453 g/mol. The van der Waals surface area contributed by atoms with Gasteiger partial charge in [-0.25, -0.2) is 18.7 Å². The van der Waals surface area contributed by atoms with Crippen LogP contribution < -0.4 is 5.32 Å². The third-order valence-electron chi connectivity index (χ3n) is 6.06. The number of aromatic nitrogens is 2. The number of nitrogens with zero attached hydrogens (tertiary/aromatic N) is 2. The van der Waals surface area contributed by atoms with Gasteiger partial charge in [-0.15, -0.1) is 0 Å². The number of rotatable bonds is 3. The third-order valence-corrected chi connectivity index (χ3v) is 6.06. The van der Waals surface area contributed by atoms with E-state index >= 15 is 0 Å². The molecular weight excluding hydrogens is 433 g/mol. The molecule has 0 fully saturated rings. The van der Waals surface area contributed by atoms with E-state index < -0.39 is 47.5 Å². The smallest absolute Gasteiger partial charge is 0.419 e. The summed E-state index contributed by atoms with van der Waals surface area (Å²) in [6.45, 7) is 3.14. The number of anilines is 1. The van der Waals surface area contributed by atoms with Crippen molar-refractivity contribution in [2.24, 2.45) is 0 Å². The molecule has 0 unspecified atom stereocenters. The van der Waals surface area contributed by atoms with Crippen LogP contribution in [0.3, 0.4) is 0 Å². The van der Waals surface area contributed by atoms with Gasteiger partial charge in [0.05, 0.1) is 6.04 Å². The molecule has 10 heteroatoms. The number of aromatic hydroxyl groups is 1. The van der Waals surface area contributed by atoms with E-state index in [4.69, 9.17) is 0 Å². The van der Waals surface area contributed by atoms with Gasteiger partial charge in [0.25, 0.3) is 0 Å². The Balaban J connectivity index is 1.94. The molecule has 2 aromatic carbocycles. The highest BCUT2D eigenvalue weighted by atomic mass is 19.4. The van der Waals surface area contributed by atoms with E-state index in [1.807, 2.05) is 0 Å². The van der Waals surface area contributed by atoms with E-state index in [1.54, 1.807) is 13.8 Å². The van der Waals surface area contributed by atoms with Gasteiger partial charge in [0.2, 0.25) is 0 Å². The van der Waals surface area contributed by atoms with Crippen molar-refractivity contribution in [3.63, 3.8) is 0 Å². The third kappa shape index (κ3) is 3.33. The second-order valence-corrected chi connectivity index (χ2v) is 7.98. The standard InChI is InChI=1S/C22H20F5N3O2/c1-3-11-8-21(32,22(25,26)27)20(12-4-5-15(24)19(31)17(11)12)30-16-7-6-14(23)18-13(16)9-28-10(2)29-18/h4-7,9,11,20,30-32H,3,8H2,1-2H3/t11-,20-,21+/m0/s1. The number of halogens is 5. The SMILES string of the molecule is CC[C@H]1C[C@](O)(C(F)(F)F)[C@@H](Nc2ccc(F)c3nc(C)ncc23)c2ccc(F)c(O)c21. The largest absolute Gasteiger partial charge is 0.505 e. The average Bonchev–Trinajstić information content (AvgIpc) is 2.73. The molecule has 0 amide bonds. The number of fused-ring (bicyclic) bond motifs is 2. The summed E-state index contributed by atoms with van der Waals surface area (Å²) in [5.74, 6) is -3.05. The minimum Gasteiger partial charge on any atom is -0.505 e. The van der Waals surface area contributed by atoms with Crippen molar-refractivity contribution in [2.45, 2.75) is 50.4 Å². The first-order valence-electron chi connectivity index (χ1n) is 9.96. The normalized spacial score (nSPS) is 23.2. The van der Waals surface area contributed by atoms with Crippen molar-refractivity contribution in [3.05, 3.63) is 59.0 Å². The summed E-state index contributed by atoms with van der Waals surface area (Å²) < 4.78 is 70.9. The fraction of sp³-hybridized carbons (Fsp3) is 0.364. The van der Waals surface area contributed by atoms with Crippen molar-refractivity contribution in [1.29, 1.82) is 0 Å². The molecule has 1 aromatic heterocycles. The Hall–Kier alpha value is -3.01. The molecule has 0 radical (unpaired) electrons. The number of phenols is 1. The van der Waals surface area contributed by atoms with Crippen LogP contribution in [-0.2, 0) is 0 Å². The summed E-state index contributed by atoms with van der Waals surface area (Å²) in [5, 5.41) is 24.0. The number of aryl methyl sites for hydroxylation is 1. The minimum atomic E-state index is -5.05. The van der Waals surface area contributed by atoms with E-state index in [1.165, 1.54) is 12.3 Å². The quantitative estimate of drug-likeness (QED) is 0.471. The summed E-state index contributed by atoms with van der Waals surface area (Å²) in [7, 11) is 0. The Morgan fingerprint density at radius 1 is 1.16 bits per heavy atom. The van der Waals surface area contributed by atoms with Crippen LogP contribution in [0.15, 0.2) is 30.5 Å². The fourth-order valence-corrected chi connectivity index (χ4v) is 4.41. The molecule has 4 rings (SSSR count). The first-order valence-corrected chi connectivity index (χ1v) is 9.96. The molecule has 32 heavy (non-hydrogen) atoms. The molecule has 1 aliphatic rings. The Morgan fingerprint density at radius 2 is 1.84 bits per heavy atom. The van der Waals surface area contributed by atoms with Crippen molar-refractivity contribution in [3.8, 4) is 5.75 Å². The van der Waals surface area contributed by atoms with Crippen LogP contribution in [0, 0.1) is 18.6 Å². The van der Waals surface area contributed by atoms with E-state index in [0.29, 0.717) is 0 Å². The van der Waals surface area contributed by atoms with Gasteiger partial charge >= 0.3 is 6.18 Å². The lowest BCUT2D eigenvalue weighted by atomic mass is 9.69. The van der Waals surface area contributed by atoms with Gasteiger partial charge in [-0.2, -0.15) is 13.2 Å². The summed E-state index contributed by atoms with van der Waals surface area (Å²) in [6.07, 6.45) is -4.43. The Bertz CT molecular complexity index is 1200. The zero-order valence-electron chi connectivity index (χ0n) is 17.1. The number of aliphatic hydroxyl groups is 1. The predicted octanol–water partition coefficient (Wildman–Crippen LogP) is 5.27.